The Kier molecular flexibility index (Phi) is 8.71. The van der Waals surface area contributed by atoms with Crippen LogP contribution in [0.2, 0.25) is 0 Å². The fraction of sp³-hybridized carbons (Fsp3) is 0.148. The molecule has 3 rings (SSSR count). The number of nitrogens with zero attached hydrogens (tertiary/aromatic N) is 1. The van der Waals surface area contributed by atoms with Gasteiger partial charge in [0, 0.05) is 17.7 Å². The van der Waals surface area contributed by atoms with Crippen molar-refractivity contribution in [3.63, 3.8) is 0 Å². The second-order valence-corrected chi connectivity index (χ2v) is 7.54. The van der Waals surface area contributed by atoms with E-state index in [4.69, 9.17) is 18.9 Å². The highest BCUT2D eigenvalue weighted by atomic mass is 16.6. The van der Waals surface area contributed by atoms with Crippen LogP contribution in [-0.2, 0) is 4.79 Å². The zero-order valence-corrected chi connectivity index (χ0v) is 20.7. The summed E-state index contributed by atoms with van der Waals surface area (Å²) in [5.41, 5.74) is 1.84. The zero-order chi connectivity index (χ0) is 26.9. The molecule has 0 spiro atoms. The molecule has 1 amide bonds. The highest BCUT2D eigenvalue weighted by molar-refractivity contribution is 6.04. The molecule has 0 heterocycles. The molecule has 3 aromatic rings. The molecular formula is C27H26N2O8. The van der Waals surface area contributed by atoms with Crippen LogP contribution in [0.1, 0.15) is 16.7 Å². The van der Waals surface area contributed by atoms with E-state index in [1.165, 1.54) is 64.9 Å². The molecule has 3 aromatic carbocycles. The van der Waals surface area contributed by atoms with Crippen LogP contribution >= 0.6 is 0 Å². The number of phenols is 1. The largest absolute Gasteiger partial charge is 0.506 e. The summed E-state index contributed by atoms with van der Waals surface area (Å²) in [7, 11) is 5.89. The number of anilines is 1. The van der Waals surface area contributed by atoms with Gasteiger partial charge in [-0.15, -0.1) is 0 Å². The van der Waals surface area contributed by atoms with Crippen molar-refractivity contribution >= 4 is 35.5 Å². The number of nitrogens with one attached hydrogen (secondary N) is 1. The molecule has 10 nitrogen and oxygen atoms in total. The van der Waals surface area contributed by atoms with Gasteiger partial charge in [-0.1, -0.05) is 24.3 Å². The van der Waals surface area contributed by atoms with Crippen LogP contribution in [0.3, 0.4) is 0 Å². The maximum absolute atomic E-state index is 12.6. The van der Waals surface area contributed by atoms with Crippen LogP contribution < -0.4 is 24.3 Å². The Balaban J connectivity index is 1.84. The molecule has 0 saturated carbocycles. The number of hydrogen-bond donors (Lipinski definition) is 2. The summed E-state index contributed by atoms with van der Waals surface area (Å²) in [5.74, 6) is 0.877. The number of nitro groups is 1. The minimum absolute atomic E-state index is 0.0764. The maximum Gasteiger partial charge on any atom is 0.310 e. The number of amides is 1. The van der Waals surface area contributed by atoms with Crippen molar-refractivity contribution < 1.29 is 33.8 Å². The van der Waals surface area contributed by atoms with E-state index < -0.39 is 10.8 Å². The van der Waals surface area contributed by atoms with Crippen LogP contribution in [0.15, 0.2) is 54.6 Å². The van der Waals surface area contributed by atoms with Crippen LogP contribution in [-0.4, -0.2) is 44.4 Å². The predicted octanol–water partition coefficient (Wildman–Crippen LogP) is 5.16. The number of methoxy groups -OCH3 is 4. The van der Waals surface area contributed by atoms with E-state index in [-0.39, 0.29) is 22.9 Å². The topological polar surface area (TPSA) is 129 Å². The van der Waals surface area contributed by atoms with Gasteiger partial charge in [-0.25, -0.2) is 0 Å². The molecule has 2 N–H and O–H groups in total. The van der Waals surface area contributed by atoms with Crippen molar-refractivity contribution in [2.45, 2.75) is 0 Å². The van der Waals surface area contributed by atoms with E-state index in [9.17, 15) is 20.0 Å². The summed E-state index contributed by atoms with van der Waals surface area (Å²) in [6.45, 7) is 0. The van der Waals surface area contributed by atoms with Crippen LogP contribution in [0.4, 0.5) is 11.4 Å². The van der Waals surface area contributed by atoms with E-state index >= 15 is 0 Å². The third kappa shape index (κ3) is 6.37. The zero-order valence-electron chi connectivity index (χ0n) is 20.7. The van der Waals surface area contributed by atoms with Gasteiger partial charge in [0.25, 0.3) is 0 Å². The van der Waals surface area contributed by atoms with Gasteiger partial charge in [0.1, 0.15) is 5.75 Å². The second kappa shape index (κ2) is 12.1. The van der Waals surface area contributed by atoms with Crippen molar-refractivity contribution in [1.29, 1.82) is 0 Å². The molecule has 0 atom stereocenters. The van der Waals surface area contributed by atoms with Gasteiger partial charge < -0.3 is 29.4 Å². The van der Waals surface area contributed by atoms with E-state index in [1.54, 1.807) is 36.4 Å². The molecule has 37 heavy (non-hydrogen) atoms. The predicted molar refractivity (Wildman–Crippen MR) is 140 cm³/mol. The smallest absolute Gasteiger partial charge is 0.310 e. The van der Waals surface area contributed by atoms with Gasteiger partial charge in [0.15, 0.2) is 17.2 Å². The summed E-state index contributed by atoms with van der Waals surface area (Å²) < 4.78 is 21.1. The van der Waals surface area contributed by atoms with Crippen molar-refractivity contribution in [3.8, 4) is 28.7 Å². The monoisotopic (exact) mass is 506 g/mol. The number of hydrogen-bond acceptors (Lipinski definition) is 8. The van der Waals surface area contributed by atoms with Crippen molar-refractivity contribution in [3.05, 3.63) is 81.4 Å². The Labute approximate surface area is 213 Å². The number of para-hydroxylation sites is 1. The quantitative estimate of drug-likeness (QED) is 0.127. The first-order chi connectivity index (χ1) is 17.8. The van der Waals surface area contributed by atoms with Gasteiger partial charge in [-0.3, -0.25) is 14.9 Å². The number of carbonyl (C=O) groups excluding carboxylic acids is 1. The molecule has 0 aliphatic carbocycles. The van der Waals surface area contributed by atoms with E-state index in [2.05, 4.69) is 5.32 Å². The molecule has 0 aliphatic rings. The van der Waals surface area contributed by atoms with Crippen LogP contribution in [0.25, 0.3) is 18.2 Å². The first-order valence-corrected chi connectivity index (χ1v) is 10.9. The molecule has 10 heteroatoms. The molecule has 0 radical (unpaired) electrons. The number of ether oxygens (including phenoxy) is 4. The maximum atomic E-state index is 12.6. The number of phenolic OH excluding ortho intramolecular Hbond substituents is 1. The Morgan fingerprint density at radius 1 is 0.865 bits per heavy atom. The average Bonchev–Trinajstić information content (AvgIpc) is 2.91. The number of benzene rings is 3. The number of nitro benzene ring substituents is 1. The highest BCUT2D eigenvalue weighted by Gasteiger charge is 2.15. The van der Waals surface area contributed by atoms with Crippen LogP contribution in [0, 0.1) is 10.1 Å². The Hall–Kier alpha value is -4.99. The lowest BCUT2D eigenvalue weighted by atomic mass is 10.1. The lowest BCUT2D eigenvalue weighted by Gasteiger charge is -2.13. The van der Waals surface area contributed by atoms with Gasteiger partial charge in [-0.05, 0) is 47.5 Å². The second-order valence-electron chi connectivity index (χ2n) is 7.54. The number of aromatic hydroxyl groups is 1. The summed E-state index contributed by atoms with van der Waals surface area (Å²) >= 11 is 0. The van der Waals surface area contributed by atoms with E-state index in [1.807, 2.05) is 0 Å². The van der Waals surface area contributed by atoms with Crippen molar-refractivity contribution in [2.24, 2.45) is 0 Å². The number of rotatable bonds is 10. The molecule has 0 aliphatic heterocycles. The SMILES string of the molecule is COc1cc(/C=C/C(=O)Nc2c(O)cccc2C=Cc2cc(OC)c(OC)c(OC)c2)ccc1[N+](=O)[O-]. The standard InChI is InChI=1S/C27H26N2O8/c1-34-22-14-17(9-12-20(22)29(32)33)10-13-25(31)28-26-19(6-5-7-21(26)30)11-8-18-15-23(35-2)27(37-4)24(16-18)36-3/h5-16,30H,1-4H3,(H,28,31)/b11-8?,13-10+. The van der Waals surface area contributed by atoms with E-state index in [0.717, 1.165) is 5.56 Å². The highest BCUT2D eigenvalue weighted by Crippen LogP contribution is 2.39. The fourth-order valence-electron chi connectivity index (χ4n) is 3.50. The molecule has 192 valence electrons. The van der Waals surface area contributed by atoms with Crippen molar-refractivity contribution in [1.82, 2.24) is 0 Å². The van der Waals surface area contributed by atoms with Gasteiger partial charge in [0.05, 0.1) is 39.0 Å². The minimum Gasteiger partial charge on any atom is -0.506 e. The normalized spacial score (nSPS) is 10.9. The Morgan fingerprint density at radius 3 is 2.11 bits per heavy atom. The minimum atomic E-state index is -0.551. The Morgan fingerprint density at radius 2 is 1.51 bits per heavy atom. The number of carbonyl (C=O) groups is 1. The van der Waals surface area contributed by atoms with Gasteiger partial charge >= 0.3 is 5.69 Å². The van der Waals surface area contributed by atoms with Crippen molar-refractivity contribution in [2.75, 3.05) is 33.8 Å². The van der Waals surface area contributed by atoms with E-state index in [0.29, 0.717) is 28.4 Å². The molecular weight excluding hydrogens is 480 g/mol. The molecule has 0 fully saturated rings. The summed E-state index contributed by atoms with van der Waals surface area (Å²) in [4.78, 5) is 23.1. The van der Waals surface area contributed by atoms with Crippen LogP contribution in [0.5, 0.6) is 28.7 Å². The summed E-state index contributed by atoms with van der Waals surface area (Å²) in [6, 6.07) is 12.6. The lowest BCUT2D eigenvalue weighted by Crippen LogP contribution is -2.09. The first kappa shape index (κ1) is 26.6. The average molecular weight is 507 g/mol. The molecule has 0 saturated heterocycles. The lowest BCUT2D eigenvalue weighted by molar-refractivity contribution is -0.385. The summed E-state index contributed by atoms with van der Waals surface area (Å²) in [5, 5.41) is 24.1. The molecule has 0 bridgehead atoms. The summed E-state index contributed by atoms with van der Waals surface area (Å²) in [6.07, 6.45) is 6.22. The van der Waals surface area contributed by atoms with Gasteiger partial charge in [0.2, 0.25) is 11.7 Å². The van der Waals surface area contributed by atoms with Gasteiger partial charge in [-0.2, -0.15) is 0 Å². The third-order valence-electron chi connectivity index (χ3n) is 5.29. The first-order valence-electron chi connectivity index (χ1n) is 10.9. The Bertz CT molecular complexity index is 1340. The fourth-order valence-corrected chi connectivity index (χ4v) is 3.50. The molecule has 0 aromatic heterocycles. The molecule has 0 unspecified atom stereocenters. The third-order valence-corrected chi connectivity index (χ3v) is 5.29.